The molecule has 1 aromatic heterocycles. The molecule has 0 saturated heterocycles. The van der Waals surface area contributed by atoms with Gasteiger partial charge in [0.25, 0.3) is 5.91 Å². The van der Waals surface area contributed by atoms with Crippen LogP contribution >= 0.6 is 0 Å². The highest BCUT2D eigenvalue weighted by atomic mass is 19.4. The van der Waals surface area contributed by atoms with E-state index in [1.165, 1.54) is 36.0 Å². The second-order valence-corrected chi connectivity index (χ2v) is 7.30. The molecule has 156 valence electrons. The van der Waals surface area contributed by atoms with Gasteiger partial charge in [-0.2, -0.15) is 13.2 Å². The maximum atomic E-state index is 13.3. The van der Waals surface area contributed by atoms with E-state index in [1.54, 1.807) is 0 Å². The molecule has 1 fully saturated rings. The van der Waals surface area contributed by atoms with Gasteiger partial charge in [0.1, 0.15) is 5.75 Å². The molecule has 1 saturated carbocycles. The van der Waals surface area contributed by atoms with Gasteiger partial charge in [-0.25, -0.2) is 0 Å². The van der Waals surface area contributed by atoms with E-state index in [0.29, 0.717) is 5.56 Å². The highest BCUT2D eigenvalue weighted by Gasteiger charge is 2.31. The molecule has 1 aromatic carbocycles. The van der Waals surface area contributed by atoms with Gasteiger partial charge in [0.2, 0.25) is 5.56 Å². The molecule has 3 rings (SSSR count). The van der Waals surface area contributed by atoms with E-state index in [2.05, 4.69) is 5.32 Å². The molecule has 1 N–H and O–H groups in total. The molecule has 1 heterocycles. The third-order valence-corrected chi connectivity index (χ3v) is 4.99. The van der Waals surface area contributed by atoms with Crippen molar-refractivity contribution >= 4 is 5.91 Å². The lowest BCUT2D eigenvalue weighted by molar-refractivity contribution is -0.137. The van der Waals surface area contributed by atoms with Gasteiger partial charge < -0.3 is 14.6 Å². The number of pyridine rings is 1. The predicted octanol–water partition coefficient (Wildman–Crippen LogP) is 3.90. The van der Waals surface area contributed by atoms with Crippen LogP contribution in [-0.4, -0.2) is 23.1 Å². The van der Waals surface area contributed by atoms with Crippen molar-refractivity contribution in [2.75, 3.05) is 6.61 Å². The van der Waals surface area contributed by atoms with Crippen molar-refractivity contribution in [1.82, 2.24) is 9.88 Å². The summed E-state index contributed by atoms with van der Waals surface area (Å²) in [5.74, 6) is -0.402. The first kappa shape index (κ1) is 21.0. The van der Waals surface area contributed by atoms with Crippen molar-refractivity contribution in [2.45, 2.75) is 44.3 Å². The Morgan fingerprint density at radius 3 is 2.52 bits per heavy atom. The minimum atomic E-state index is -4.57. The first-order valence-corrected chi connectivity index (χ1v) is 9.54. The average Bonchev–Trinajstić information content (AvgIpc) is 2.68. The number of nitrogens with zero attached hydrogens (tertiary/aromatic N) is 1. The van der Waals surface area contributed by atoms with Crippen LogP contribution in [0.25, 0.3) is 11.1 Å². The van der Waals surface area contributed by atoms with Gasteiger partial charge in [-0.3, -0.25) is 9.59 Å². The molecule has 29 heavy (non-hydrogen) atoms. The molecule has 1 amide bonds. The first-order valence-electron chi connectivity index (χ1n) is 9.54. The lowest BCUT2D eigenvalue weighted by atomic mass is 9.95. The minimum absolute atomic E-state index is 0.0533. The van der Waals surface area contributed by atoms with Crippen LogP contribution in [-0.2, 0) is 18.0 Å². The van der Waals surface area contributed by atoms with Gasteiger partial charge >= 0.3 is 6.18 Å². The van der Waals surface area contributed by atoms with Gasteiger partial charge in [-0.05, 0) is 48.2 Å². The lowest BCUT2D eigenvalue weighted by Gasteiger charge is -2.22. The summed E-state index contributed by atoms with van der Waals surface area (Å²) in [5.41, 5.74) is -0.462. The Kier molecular flexibility index (Phi) is 6.30. The number of rotatable bonds is 5. The Morgan fingerprint density at radius 1 is 1.14 bits per heavy atom. The van der Waals surface area contributed by atoms with Crippen LogP contribution < -0.4 is 15.6 Å². The average molecular weight is 408 g/mol. The van der Waals surface area contributed by atoms with E-state index in [1.807, 2.05) is 0 Å². The van der Waals surface area contributed by atoms with Crippen LogP contribution in [0.1, 0.15) is 37.7 Å². The molecular formula is C21H23F3N2O3. The topological polar surface area (TPSA) is 60.3 Å². The van der Waals surface area contributed by atoms with Crippen molar-refractivity contribution in [1.29, 1.82) is 0 Å². The monoisotopic (exact) mass is 408 g/mol. The molecular weight excluding hydrogens is 385 g/mol. The second-order valence-electron chi connectivity index (χ2n) is 7.30. The van der Waals surface area contributed by atoms with E-state index in [0.717, 1.165) is 44.2 Å². The summed E-state index contributed by atoms with van der Waals surface area (Å²) in [7, 11) is 1.52. The summed E-state index contributed by atoms with van der Waals surface area (Å²) in [6, 6.07) is 6.14. The zero-order valence-corrected chi connectivity index (χ0v) is 16.1. The third-order valence-electron chi connectivity index (χ3n) is 4.99. The van der Waals surface area contributed by atoms with Gasteiger partial charge in [-0.15, -0.1) is 0 Å². The SMILES string of the molecule is Cn1cc(-c2cc(OCC(=O)NC3CCCCC3)cc(C(F)(F)F)c2)ccc1=O. The van der Waals surface area contributed by atoms with E-state index in [4.69, 9.17) is 4.74 Å². The summed E-state index contributed by atoms with van der Waals surface area (Å²) in [6.45, 7) is -0.357. The van der Waals surface area contributed by atoms with E-state index in [-0.39, 0.29) is 35.4 Å². The fourth-order valence-corrected chi connectivity index (χ4v) is 3.44. The lowest BCUT2D eigenvalue weighted by Crippen LogP contribution is -2.38. The zero-order chi connectivity index (χ0) is 21.0. The summed E-state index contributed by atoms with van der Waals surface area (Å²) < 4.78 is 46.6. The van der Waals surface area contributed by atoms with Gasteiger partial charge in [0, 0.05) is 25.4 Å². The van der Waals surface area contributed by atoms with Crippen molar-refractivity contribution in [3.05, 3.63) is 52.4 Å². The van der Waals surface area contributed by atoms with Crippen LogP contribution in [0.2, 0.25) is 0 Å². The van der Waals surface area contributed by atoms with Crippen molar-refractivity contribution in [3.8, 4) is 16.9 Å². The fraction of sp³-hybridized carbons (Fsp3) is 0.429. The molecule has 0 unspecified atom stereocenters. The Hall–Kier alpha value is -2.77. The van der Waals surface area contributed by atoms with Gasteiger partial charge in [0.15, 0.2) is 6.61 Å². The summed E-state index contributed by atoms with van der Waals surface area (Å²) in [6.07, 6.45) is 1.97. The minimum Gasteiger partial charge on any atom is -0.484 e. The van der Waals surface area contributed by atoms with E-state index in [9.17, 15) is 22.8 Å². The van der Waals surface area contributed by atoms with Crippen LogP contribution in [0.15, 0.2) is 41.3 Å². The van der Waals surface area contributed by atoms with Crippen LogP contribution in [0.5, 0.6) is 5.75 Å². The number of carbonyl (C=O) groups is 1. The molecule has 0 aliphatic heterocycles. The second kappa shape index (κ2) is 8.71. The Morgan fingerprint density at radius 2 is 1.86 bits per heavy atom. The smallest absolute Gasteiger partial charge is 0.416 e. The predicted molar refractivity (Wildman–Crippen MR) is 103 cm³/mol. The molecule has 2 aromatic rings. The number of hydrogen-bond acceptors (Lipinski definition) is 3. The quantitative estimate of drug-likeness (QED) is 0.816. The van der Waals surface area contributed by atoms with E-state index >= 15 is 0 Å². The molecule has 1 aliphatic rings. The zero-order valence-electron chi connectivity index (χ0n) is 16.1. The third kappa shape index (κ3) is 5.62. The van der Waals surface area contributed by atoms with Gasteiger partial charge in [0.05, 0.1) is 5.56 Å². The molecule has 0 atom stereocenters. The van der Waals surface area contributed by atoms with E-state index < -0.39 is 11.7 Å². The Balaban J connectivity index is 1.79. The first-order chi connectivity index (χ1) is 13.7. The molecule has 8 heteroatoms. The number of aromatic nitrogens is 1. The van der Waals surface area contributed by atoms with Crippen LogP contribution in [0, 0.1) is 0 Å². The highest BCUT2D eigenvalue weighted by Crippen LogP contribution is 2.35. The summed E-state index contributed by atoms with van der Waals surface area (Å²) in [5, 5.41) is 2.87. The number of nitrogens with one attached hydrogen (secondary N) is 1. The summed E-state index contributed by atoms with van der Waals surface area (Å²) in [4.78, 5) is 23.7. The highest BCUT2D eigenvalue weighted by molar-refractivity contribution is 5.78. The van der Waals surface area contributed by atoms with Gasteiger partial charge in [-0.1, -0.05) is 19.3 Å². The number of aryl methyl sites for hydroxylation is 1. The molecule has 0 spiro atoms. The maximum Gasteiger partial charge on any atom is 0.416 e. The number of alkyl halides is 3. The van der Waals surface area contributed by atoms with Crippen LogP contribution in [0.4, 0.5) is 13.2 Å². The molecule has 0 radical (unpaired) electrons. The number of ether oxygens (including phenoxy) is 1. The normalized spacial score (nSPS) is 15.2. The molecule has 5 nitrogen and oxygen atoms in total. The Labute approximate surface area is 166 Å². The Bertz CT molecular complexity index is 931. The number of benzene rings is 1. The maximum absolute atomic E-state index is 13.3. The van der Waals surface area contributed by atoms with Crippen LogP contribution in [0.3, 0.4) is 0 Å². The number of hydrogen-bond donors (Lipinski definition) is 1. The molecule has 0 bridgehead atoms. The number of halogens is 3. The van der Waals surface area contributed by atoms with Crippen molar-refractivity contribution in [2.24, 2.45) is 7.05 Å². The van der Waals surface area contributed by atoms with Crippen molar-refractivity contribution < 1.29 is 22.7 Å². The number of amides is 1. The summed E-state index contributed by atoms with van der Waals surface area (Å²) >= 11 is 0. The fourth-order valence-electron chi connectivity index (χ4n) is 3.44. The largest absolute Gasteiger partial charge is 0.484 e. The number of carbonyl (C=O) groups excluding carboxylic acids is 1. The standard InChI is InChI=1S/C21H23F3N2O3/c1-26-12-14(7-8-20(26)28)15-9-16(21(22,23)24)11-18(10-15)29-13-19(27)25-17-5-3-2-4-6-17/h7-12,17H,2-6,13H2,1H3,(H,25,27). The van der Waals surface area contributed by atoms with Crippen molar-refractivity contribution in [3.63, 3.8) is 0 Å². The molecule has 1 aliphatic carbocycles.